The SMILES string of the molecule is CC1CC(C(=O)NCc2ccccn2)(C(N)=S)C1. The van der Waals surface area contributed by atoms with Gasteiger partial charge in [0.1, 0.15) is 0 Å². The second-order valence-electron chi connectivity index (χ2n) is 4.96. The van der Waals surface area contributed by atoms with E-state index >= 15 is 0 Å². The summed E-state index contributed by atoms with van der Waals surface area (Å²) in [4.78, 5) is 16.7. The van der Waals surface area contributed by atoms with Crippen molar-refractivity contribution in [2.24, 2.45) is 17.1 Å². The van der Waals surface area contributed by atoms with Gasteiger partial charge in [-0.1, -0.05) is 25.2 Å². The lowest BCUT2D eigenvalue weighted by atomic mass is 9.62. The first-order valence-electron chi connectivity index (χ1n) is 6.03. The first kappa shape index (κ1) is 13.0. The van der Waals surface area contributed by atoms with Crippen LogP contribution < -0.4 is 11.1 Å². The Morgan fingerprint density at radius 1 is 1.61 bits per heavy atom. The molecular formula is C13H17N3OS. The third kappa shape index (κ3) is 2.36. The molecule has 1 amide bonds. The van der Waals surface area contributed by atoms with E-state index in [1.165, 1.54) is 0 Å². The molecule has 0 spiro atoms. The Hall–Kier alpha value is -1.49. The van der Waals surface area contributed by atoms with Crippen molar-refractivity contribution in [3.05, 3.63) is 30.1 Å². The second kappa shape index (κ2) is 5.02. The van der Waals surface area contributed by atoms with Crippen LogP contribution in [0.3, 0.4) is 0 Å². The van der Waals surface area contributed by atoms with Gasteiger partial charge in [0.05, 0.1) is 22.6 Å². The number of hydrogen-bond donors (Lipinski definition) is 2. The minimum atomic E-state index is -0.635. The van der Waals surface area contributed by atoms with E-state index in [1.54, 1.807) is 6.20 Å². The van der Waals surface area contributed by atoms with Gasteiger partial charge >= 0.3 is 0 Å². The molecule has 18 heavy (non-hydrogen) atoms. The number of nitrogens with zero attached hydrogens (tertiary/aromatic N) is 1. The molecule has 1 aliphatic carbocycles. The van der Waals surface area contributed by atoms with Crippen LogP contribution in [-0.4, -0.2) is 15.9 Å². The van der Waals surface area contributed by atoms with E-state index in [1.807, 2.05) is 18.2 Å². The van der Waals surface area contributed by atoms with Crippen molar-refractivity contribution >= 4 is 23.1 Å². The van der Waals surface area contributed by atoms with Crippen LogP contribution >= 0.6 is 12.2 Å². The van der Waals surface area contributed by atoms with Gasteiger partial charge in [0.2, 0.25) is 5.91 Å². The first-order chi connectivity index (χ1) is 8.54. The number of thiocarbonyl (C=S) groups is 1. The summed E-state index contributed by atoms with van der Waals surface area (Å²) in [6, 6.07) is 5.61. The van der Waals surface area contributed by atoms with Crippen LogP contribution in [0.25, 0.3) is 0 Å². The van der Waals surface area contributed by atoms with E-state index in [-0.39, 0.29) is 5.91 Å². The number of amides is 1. The maximum Gasteiger partial charge on any atom is 0.233 e. The summed E-state index contributed by atoms with van der Waals surface area (Å²) in [7, 11) is 0. The average Bonchev–Trinajstić information content (AvgIpc) is 2.32. The van der Waals surface area contributed by atoms with Crippen molar-refractivity contribution in [3.63, 3.8) is 0 Å². The molecule has 0 unspecified atom stereocenters. The summed E-state index contributed by atoms with van der Waals surface area (Å²) < 4.78 is 0. The number of hydrogen-bond acceptors (Lipinski definition) is 3. The molecule has 96 valence electrons. The van der Waals surface area contributed by atoms with Crippen LogP contribution in [0.2, 0.25) is 0 Å². The Morgan fingerprint density at radius 3 is 2.83 bits per heavy atom. The minimum Gasteiger partial charge on any atom is -0.392 e. The lowest BCUT2D eigenvalue weighted by Crippen LogP contribution is -2.55. The van der Waals surface area contributed by atoms with E-state index in [9.17, 15) is 4.79 Å². The van der Waals surface area contributed by atoms with Crippen LogP contribution in [0.15, 0.2) is 24.4 Å². The first-order valence-corrected chi connectivity index (χ1v) is 6.43. The topological polar surface area (TPSA) is 68.0 Å². The fraction of sp³-hybridized carbons (Fsp3) is 0.462. The van der Waals surface area contributed by atoms with E-state index in [2.05, 4.69) is 17.2 Å². The Morgan fingerprint density at radius 2 is 2.33 bits per heavy atom. The molecular weight excluding hydrogens is 246 g/mol. The molecule has 0 bridgehead atoms. The number of nitrogens with one attached hydrogen (secondary N) is 1. The van der Waals surface area contributed by atoms with Gasteiger partial charge in [0.25, 0.3) is 0 Å². The fourth-order valence-electron chi connectivity index (χ4n) is 2.47. The van der Waals surface area contributed by atoms with Crippen molar-refractivity contribution in [1.29, 1.82) is 0 Å². The molecule has 1 saturated carbocycles. The van der Waals surface area contributed by atoms with Gasteiger partial charge in [-0.05, 0) is 30.9 Å². The quantitative estimate of drug-likeness (QED) is 0.806. The van der Waals surface area contributed by atoms with Gasteiger partial charge in [0.15, 0.2) is 0 Å². The van der Waals surface area contributed by atoms with Crippen LogP contribution in [0.5, 0.6) is 0 Å². The monoisotopic (exact) mass is 263 g/mol. The molecule has 1 aromatic heterocycles. The predicted octanol–water partition coefficient (Wildman–Crippen LogP) is 1.40. The molecule has 1 aliphatic rings. The van der Waals surface area contributed by atoms with E-state index in [0.29, 0.717) is 17.5 Å². The number of rotatable bonds is 4. The molecule has 0 aromatic carbocycles. The fourth-order valence-corrected chi connectivity index (χ4v) is 2.73. The van der Waals surface area contributed by atoms with Gasteiger partial charge in [-0.3, -0.25) is 9.78 Å². The lowest BCUT2D eigenvalue weighted by molar-refractivity contribution is -0.133. The maximum absolute atomic E-state index is 12.2. The summed E-state index contributed by atoms with van der Waals surface area (Å²) in [5.74, 6) is 0.436. The van der Waals surface area contributed by atoms with Gasteiger partial charge in [0, 0.05) is 6.20 Å². The second-order valence-corrected chi connectivity index (χ2v) is 5.40. The Labute approximate surface area is 112 Å². The van der Waals surface area contributed by atoms with E-state index in [4.69, 9.17) is 18.0 Å². The minimum absolute atomic E-state index is 0.0706. The van der Waals surface area contributed by atoms with Crippen molar-refractivity contribution in [2.75, 3.05) is 0 Å². The molecule has 2 rings (SSSR count). The number of carbonyl (C=O) groups is 1. The highest BCUT2D eigenvalue weighted by molar-refractivity contribution is 7.80. The summed E-state index contributed by atoms with van der Waals surface area (Å²) in [6.45, 7) is 2.51. The molecule has 0 saturated heterocycles. The molecule has 0 atom stereocenters. The van der Waals surface area contributed by atoms with Gasteiger partial charge < -0.3 is 11.1 Å². The van der Waals surface area contributed by atoms with Crippen molar-refractivity contribution < 1.29 is 4.79 Å². The van der Waals surface area contributed by atoms with Crippen molar-refractivity contribution in [3.8, 4) is 0 Å². The lowest BCUT2D eigenvalue weighted by Gasteiger charge is -2.44. The van der Waals surface area contributed by atoms with Gasteiger partial charge in [-0.2, -0.15) is 0 Å². The van der Waals surface area contributed by atoms with Gasteiger partial charge in [-0.25, -0.2) is 0 Å². The Kier molecular flexibility index (Phi) is 3.61. The highest BCUT2D eigenvalue weighted by Gasteiger charge is 2.50. The molecule has 1 fully saturated rings. The zero-order chi connectivity index (χ0) is 13.2. The summed E-state index contributed by atoms with van der Waals surface area (Å²) in [6.07, 6.45) is 3.20. The number of carbonyl (C=O) groups excluding carboxylic acids is 1. The summed E-state index contributed by atoms with van der Waals surface area (Å²) in [5.41, 5.74) is 5.91. The zero-order valence-corrected chi connectivity index (χ0v) is 11.2. The third-order valence-corrected chi connectivity index (χ3v) is 3.85. The Balaban J connectivity index is 1.97. The normalized spacial score (nSPS) is 26.2. The van der Waals surface area contributed by atoms with Crippen molar-refractivity contribution in [2.45, 2.75) is 26.3 Å². The zero-order valence-electron chi connectivity index (χ0n) is 10.3. The van der Waals surface area contributed by atoms with Crippen LogP contribution in [-0.2, 0) is 11.3 Å². The highest BCUT2D eigenvalue weighted by atomic mass is 32.1. The molecule has 1 aromatic rings. The smallest absolute Gasteiger partial charge is 0.233 e. The molecule has 3 N–H and O–H groups in total. The average molecular weight is 263 g/mol. The van der Waals surface area contributed by atoms with E-state index in [0.717, 1.165) is 18.5 Å². The highest BCUT2D eigenvalue weighted by Crippen LogP contribution is 2.45. The summed E-state index contributed by atoms with van der Waals surface area (Å²) in [5, 5.41) is 2.87. The Bertz CT molecular complexity index is 455. The molecule has 0 radical (unpaired) electrons. The largest absolute Gasteiger partial charge is 0.392 e. The summed E-state index contributed by atoms with van der Waals surface area (Å²) >= 11 is 5.04. The van der Waals surface area contributed by atoms with Gasteiger partial charge in [-0.15, -0.1) is 0 Å². The molecule has 4 nitrogen and oxygen atoms in total. The molecule has 1 heterocycles. The maximum atomic E-state index is 12.2. The number of aromatic nitrogens is 1. The molecule has 0 aliphatic heterocycles. The van der Waals surface area contributed by atoms with E-state index < -0.39 is 5.41 Å². The van der Waals surface area contributed by atoms with Crippen molar-refractivity contribution in [1.82, 2.24) is 10.3 Å². The standard InChI is InChI=1S/C13H17N3OS/c1-9-6-13(7-9,11(14)18)12(17)16-8-10-4-2-3-5-15-10/h2-5,9H,6-8H2,1H3,(H2,14,18)(H,16,17). The number of nitrogens with two attached hydrogens (primary N) is 1. The van der Waals surface area contributed by atoms with Crippen LogP contribution in [0, 0.1) is 11.3 Å². The van der Waals surface area contributed by atoms with Crippen LogP contribution in [0.4, 0.5) is 0 Å². The third-order valence-electron chi connectivity index (χ3n) is 3.46. The predicted molar refractivity (Wildman–Crippen MR) is 73.7 cm³/mol. The number of pyridine rings is 1. The molecule has 5 heteroatoms. The van der Waals surface area contributed by atoms with Crippen LogP contribution in [0.1, 0.15) is 25.5 Å².